The number of nitrogens with zero attached hydrogens (tertiary/aromatic N) is 2. The molecule has 0 aromatic heterocycles. The number of amidine groups is 2. The van der Waals surface area contributed by atoms with Crippen LogP contribution in [0.15, 0.2) is 46.4 Å². The molecule has 0 bridgehead atoms. The van der Waals surface area contributed by atoms with E-state index in [0.717, 1.165) is 23.4 Å². The summed E-state index contributed by atoms with van der Waals surface area (Å²) in [6.45, 7) is 10.4. The van der Waals surface area contributed by atoms with Gasteiger partial charge in [0.15, 0.2) is 10.3 Å². The van der Waals surface area contributed by atoms with Gasteiger partial charge in [0.05, 0.1) is 0 Å². The van der Waals surface area contributed by atoms with Crippen molar-refractivity contribution >= 4 is 70.0 Å². The second kappa shape index (κ2) is 14.7. The van der Waals surface area contributed by atoms with Crippen molar-refractivity contribution in [1.29, 1.82) is 0 Å². The molecular formula is C24H34Cl2N4S2. The van der Waals surface area contributed by atoms with Crippen LogP contribution in [-0.2, 0) is 0 Å². The zero-order valence-corrected chi connectivity index (χ0v) is 22.5. The highest BCUT2D eigenvalue weighted by Gasteiger charge is 2.09. The number of benzene rings is 2. The summed E-state index contributed by atoms with van der Waals surface area (Å²) in [6, 6.07) is 12.7. The van der Waals surface area contributed by atoms with E-state index >= 15 is 0 Å². The number of hydrogen-bond donors (Lipinski definition) is 2. The molecule has 2 heterocycles. The standard InChI is InChI=1S/2C12H16N2S.2ClH/c2*1-9-5-3-6-10(2)11(9)14-12-13-7-4-8-15-12;;/h2*3,5-6H,4,7-8H2,1-2H3,(H,13,14);2*1H. The van der Waals surface area contributed by atoms with Gasteiger partial charge >= 0.3 is 0 Å². The van der Waals surface area contributed by atoms with Crippen molar-refractivity contribution in [3.8, 4) is 0 Å². The SMILES string of the molecule is Cc1cccc(C)c1NC1=NCCCS1.Cc1cccc(C)c1NC1=NCCCS1.Cl.Cl. The quantitative estimate of drug-likeness (QED) is 0.444. The van der Waals surface area contributed by atoms with Gasteiger partial charge in [-0.05, 0) is 62.8 Å². The van der Waals surface area contributed by atoms with Crippen molar-refractivity contribution in [3.05, 3.63) is 58.7 Å². The second-order valence-corrected chi connectivity index (χ2v) is 9.73. The van der Waals surface area contributed by atoms with Crippen LogP contribution in [0.5, 0.6) is 0 Å². The summed E-state index contributed by atoms with van der Waals surface area (Å²) < 4.78 is 0. The minimum absolute atomic E-state index is 0. The van der Waals surface area contributed by atoms with Crippen LogP contribution in [0.3, 0.4) is 0 Å². The Morgan fingerprint density at radius 2 is 0.969 bits per heavy atom. The Morgan fingerprint density at radius 3 is 1.25 bits per heavy atom. The molecule has 4 rings (SSSR count). The van der Waals surface area contributed by atoms with E-state index in [0.29, 0.717) is 0 Å². The molecule has 4 nitrogen and oxygen atoms in total. The Hall–Kier alpha value is -1.34. The third-order valence-electron chi connectivity index (χ3n) is 5.02. The van der Waals surface area contributed by atoms with E-state index in [-0.39, 0.29) is 24.8 Å². The van der Waals surface area contributed by atoms with Gasteiger partial charge in [-0.1, -0.05) is 59.9 Å². The van der Waals surface area contributed by atoms with E-state index in [9.17, 15) is 0 Å². The maximum absolute atomic E-state index is 4.48. The number of thioether (sulfide) groups is 2. The highest BCUT2D eigenvalue weighted by atomic mass is 35.5. The van der Waals surface area contributed by atoms with Crippen LogP contribution < -0.4 is 10.6 Å². The van der Waals surface area contributed by atoms with Gasteiger partial charge in [-0.3, -0.25) is 9.98 Å². The van der Waals surface area contributed by atoms with Gasteiger partial charge in [-0.2, -0.15) is 0 Å². The minimum Gasteiger partial charge on any atom is -0.335 e. The lowest BCUT2D eigenvalue weighted by Crippen LogP contribution is -2.14. The molecule has 0 saturated heterocycles. The summed E-state index contributed by atoms with van der Waals surface area (Å²) in [5.74, 6) is 2.35. The average molecular weight is 514 g/mol. The Morgan fingerprint density at radius 1 is 0.625 bits per heavy atom. The average Bonchev–Trinajstić information content (AvgIpc) is 2.76. The summed E-state index contributed by atoms with van der Waals surface area (Å²) >= 11 is 3.63. The number of halogens is 2. The van der Waals surface area contributed by atoms with Gasteiger partial charge in [-0.15, -0.1) is 24.8 Å². The van der Waals surface area contributed by atoms with E-state index in [2.05, 4.69) is 84.7 Å². The van der Waals surface area contributed by atoms with Crippen LogP contribution in [-0.4, -0.2) is 34.9 Å². The fourth-order valence-corrected chi connectivity index (χ4v) is 4.95. The third-order valence-corrected chi connectivity index (χ3v) is 7.01. The first kappa shape index (κ1) is 28.7. The summed E-state index contributed by atoms with van der Waals surface area (Å²) in [5, 5.41) is 9.00. The number of para-hydroxylation sites is 2. The van der Waals surface area contributed by atoms with Crippen LogP contribution in [0.1, 0.15) is 35.1 Å². The van der Waals surface area contributed by atoms with Crippen molar-refractivity contribution in [2.45, 2.75) is 40.5 Å². The molecule has 2 aliphatic rings. The normalized spacial score (nSPS) is 15.0. The van der Waals surface area contributed by atoms with Gasteiger partial charge in [0.1, 0.15) is 0 Å². The molecule has 0 amide bonds. The Balaban J connectivity index is 0.000000301. The van der Waals surface area contributed by atoms with Crippen molar-refractivity contribution in [1.82, 2.24) is 0 Å². The molecule has 32 heavy (non-hydrogen) atoms. The molecule has 2 aliphatic heterocycles. The monoisotopic (exact) mass is 512 g/mol. The number of hydrogen-bond acceptors (Lipinski definition) is 6. The molecule has 2 aromatic carbocycles. The van der Waals surface area contributed by atoms with Crippen LogP contribution in [0, 0.1) is 27.7 Å². The Kier molecular flexibility index (Phi) is 13.2. The molecule has 0 aliphatic carbocycles. The maximum atomic E-state index is 4.48. The fraction of sp³-hybridized carbons (Fsp3) is 0.417. The van der Waals surface area contributed by atoms with Crippen molar-refractivity contribution in [2.75, 3.05) is 35.2 Å². The van der Waals surface area contributed by atoms with E-state index in [1.54, 1.807) is 0 Å². The first-order chi connectivity index (χ1) is 14.5. The Labute approximate surface area is 213 Å². The van der Waals surface area contributed by atoms with Crippen LogP contribution in [0.2, 0.25) is 0 Å². The van der Waals surface area contributed by atoms with Gasteiger partial charge in [0.25, 0.3) is 0 Å². The molecular weight excluding hydrogens is 479 g/mol. The maximum Gasteiger partial charge on any atom is 0.161 e. The van der Waals surface area contributed by atoms with Crippen molar-refractivity contribution in [3.63, 3.8) is 0 Å². The molecule has 0 unspecified atom stereocenters. The molecule has 8 heteroatoms. The molecule has 2 N–H and O–H groups in total. The fourth-order valence-electron chi connectivity index (χ4n) is 3.31. The topological polar surface area (TPSA) is 48.8 Å². The molecule has 176 valence electrons. The highest BCUT2D eigenvalue weighted by molar-refractivity contribution is 8.14. The number of aryl methyl sites for hydroxylation is 4. The van der Waals surface area contributed by atoms with E-state index in [4.69, 9.17) is 0 Å². The minimum atomic E-state index is 0. The molecule has 0 spiro atoms. The van der Waals surface area contributed by atoms with Gasteiger partial charge in [0.2, 0.25) is 0 Å². The second-order valence-electron chi connectivity index (χ2n) is 7.56. The van der Waals surface area contributed by atoms with Crippen LogP contribution in [0.4, 0.5) is 11.4 Å². The molecule has 0 atom stereocenters. The lowest BCUT2D eigenvalue weighted by atomic mass is 10.1. The van der Waals surface area contributed by atoms with Gasteiger partial charge in [-0.25, -0.2) is 0 Å². The smallest absolute Gasteiger partial charge is 0.161 e. The summed E-state index contributed by atoms with van der Waals surface area (Å²) in [4.78, 5) is 8.95. The van der Waals surface area contributed by atoms with Crippen LogP contribution >= 0.6 is 48.3 Å². The third kappa shape index (κ3) is 8.54. The summed E-state index contributed by atoms with van der Waals surface area (Å²) in [5.41, 5.74) is 7.55. The zero-order valence-electron chi connectivity index (χ0n) is 19.2. The molecule has 0 fully saturated rings. The predicted octanol–water partition coefficient (Wildman–Crippen LogP) is 7.26. The van der Waals surface area contributed by atoms with E-state index in [1.807, 2.05) is 23.5 Å². The number of anilines is 2. The summed E-state index contributed by atoms with van der Waals surface area (Å²) in [7, 11) is 0. The lowest BCUT2D eigenvalue weighted by Gasteiger charge is -2.16. The van der Waals surface area contributed by atoms with Crippen molar-refractivity contribution in [2.24, 2.45) is 9.98 Å². The number of aliphatic imine (C=N–C) groups is 2. The van der Waals surface area contributed by atoms with Crippen LogP contribution in [0.25, 0.3) is 0 Å². The van der Waals surface area contributed by atoms with Gasteiger partial charge in [0, 0.05) is 36.0 Å². The van der Waals surface area contributed by atoms with Gasteiger partial charge < -0.3 is 10.6 Å². The zero-order chi connectivity index (χ0) is 21.3. The molecule has 0 radical (unpaired) electrons. The largest absolute Gasteiger partial charge is 0.335 e. The number of nitrogens with one attached hydrogen (secondary N) is 2. The predicted molar refractivity (Wildman–Crippen MR) is 152 cm³/mol. The molecule has 0 saturated carbocycles. The lowest BCUT2D eigenvalue weighted by molar-refractivity contribution is 0.938. The first-order valence-corrected chi connectivity index (χ1v) is 12.5. The van der Waals surface area contributed by atoms with E-state index < -0.39 is 0 Å². The first-order valence-electron chi connectivity index (χ1n) is 10.6. The Bertz CT molecular complexity index is 816. The van der Waals surface area contributed by atoms with Crippen molar-refractivity contribution < 1.29 is 0 Å². The highest BCUT2D eigenvalue weighted by Crippen LogP contribution is 2.24. The summed E-state index contributed by atoms with van der Waals surface area (Å²) in [6.07, 6.45) is 2.39. The molecule has 2 aromatic rings. The van der Waals surface area contributed by atoms with E-state index in [1.165, 1.54) is 58.0 Å². The number of rotatable bonds is 2.